The Morgan fingerprint density at radius 1 is 0.935 bits per heavy atom. The van der Waals surface area contributed by atoms with Crippen molar-refractivity contribution in [3.8, 4) is 5.75 Å². The van der Waals surface area contributed by atoms with Crippen molar-refractivity contribution in [2.45, 2.75) is 159 Å². The molecular formula is C50H67NO9S2. The number of phenols is 1. The molecule has 17 atom stereocenters. The van der Waals surface area contributed by atoms with Crippen molar-refractivity contribution in [1.82, 2.24) is 0 Å². The maximum atomic E-state index is 15.6. The number of amides is 1. The van der Waals surface area contributed by atoms with Crippen LogP contribution in [0.3, 0.4) is 0 Å². The summed E-state index contributed by atoms with van der Waals surface area (Å²) in [7, 11) is 2.80. The highest BCUT2D eigenvalue weighted by atomic mass is 33.1. The van der Waals surface area contributed by atoms with Gasteiger partial charge >= 0.3 is 0 Å². The normalized spacial score (nSPS) is 50.9. The first-order chi connectivity index (χ1) is 29.4. The number of aliphatic hydroxyl groups is 5. The first-order valence-corrected chi connectivity index (χ1v) is 26.3. The zero-order valence-electron chi connectivity index (χ0n) is 36.8. The van der Waals surface area contributed by atoms with Crippen LogP contribution in [0, 0.1) is 62.6 Å². The van der Waals surface area contributed by atoms with Crippen LogP contribution in [0.15, 0.2) is 42.0 Å². The van der Waals surface area contributed by atoms with Crippen LogP contribution in [0.5, 0.6) is 5.75 Å². The van der Waals surface area contributed by atoms with E-state index in [-0.39, 0.29) is 47.7 Å². The van der Waals surface area contributed by atoms with Gasteiger partial charge < -0.3 is 40.3 Å². The Morgan fingerprint density at radius 3 is 2.53 bits per heavy atom. The van der Waals surface area contributed by atoms with Crippen LogP contribution in [-0.4, -0.2) is 95.7 Å². The van der Waals surface area contributed by atoms with Gasteiger partial charge in [-0.15, -0.1) is 0 Å². The fourth-order valence-electron chi connectivity index (χ4n) is 17.2. The van der Waals surface area contributed by atoms with Crippen molar-refractivity contribution in [2.75, 3.05) is 17.2 Å². The molecular weight excluding hydrogens is 823 g/mol. The SMILES string of the molecule is CC(C)[C@@H](C)[C@@H]1O[C@H]1[C@@]1(O)CC=C[C@@H]2C[C@@]34CC[C@@H]5[C@H](O)[C@H](O)C[C@@]6(C(=O)C=C3[C@]3(O)CC[C@H]1[C@@]23CCc1cc(O)cc(c1)N1CC[C@]2(CCCC[C@@H]2CSS[C@@H]6O)C1=O)[C@]54C. The van der Waals surface area contributed by atoms with Gasteiger partial charge in [0.2, 0.25) is 5.91 Å². The lowest BCUT2D eigenvalue weighted by Gasteiger charge is -2.71. The lowest BCUT2D eigenvalue weighted by molar-refractivity contribution is -0.235. The summed E-state index contributed by atoms with van der Waals surface area (Å²) in [4.78, 5) is 32.3. The number of ether oxygens (including phenoxy) is 1. The van der Waals surface area contributed by atoms with E-state index in [9.17, 15) is 35.4 Å². The molecule has 0 aromatic heterocycles. The summed E-state index contributed by atoms with van der Waals surface area (Å²) >= 11 is 0. The molecule has 8 bridgehead atoms. The number of phenolic OH excluding ortho intramolecular Hbond substituents is 1. The highest BCUT2D eigenvalue weighted by Gasteiger charge is 2.84. The van der Waals surface area contributed by atoms with Crippen molar-refractivity contribution < 1.29 is 45.0 Å². The fraction of sp³-hybridized carbons (Fsp3) is 0.760. The summed E-state index contributed by atoms with van der Waals surface area (Å²) in [6, 6.07) is 5.53. The predicted molar refractivity (Wildman–Crippen MR) is 239 cm³/mol. The molecule has 6 N–H and O–H groups in total. The zero-order valence-corrected chi connectivity index (χ0v) is 38.4. The molecule has 1 aromatic carbocycles. The van der Waals surface area contributed by atoms with Gasteiger partial charge in [-0.1, -0.05) is 74.3 Å². The van der Waals surface area contributed by atoms with Crippen molar-refractivity contribution in [3.05, 3.63) is 47.6 Å². The van der Waals surface area contributed by atoms with E-state index in [0.29, 0.717) is 87.3 Å². The second-order valence-corrected chi connectivity index (χ2v) is 25.0. The summed E-state index contributed by atoms with van der Waals surface area (Å²) < 4.78 is 6.51. The maximum absolute atomic E-state index is 15.6. The molecule has 5 heterocycles. The number of ketones is 1. The van der Waals surface area contributed by atoms with Crippen LogP contribution in [-0.2, 0) is 20.7 Å². The number of aryl methyl sites for hydroxylation is 1. The van der Waals surface area contributed by atoms with E-state index >= 15 is 4.79 Å². The zero-order chi connectivity index (χ0) is 43.6. The van der Waals surface area contributed by atoms with Gasteiger partial charge in [-0.2, -0.15) is 0 Å². The maximum Gasteiger partial charge on any atom is 0.233 e. The number of carbonyl (C=O) groups excluding carboxylic acids is 2. The molecule has 12 heteroatoms. The second kappa shape index (κ2) is 14.1. The van der Waals surface area contributed by atoms with E-state index in [1.54, 1.807) is 18.2 Å². The summed E-state index contributed by atoms with van der Waals surface area (Å²) in [6.45, 7) is 9.19. The van der Waals surface area contributed by atoms with E-state index < -0.39 is 73.9 Å². The number of benzene rings is 1. The second-order valence-electron chi connectivity index (χ2n) is 22.5. The monoisotopic (exact) mass is 889 g/mol. The standard InChI is InChI=1S/C50H67NO9S2/c1-27(2)28(3)40-41(60-40)49(58)14-7-9-30-24-46-15-11-34-39(55)35(53)25-48(44(34,46)4)38(54)23-37(46)50(59)17-12-36(49)47(30,50)16-10-29-20-32(22-33(52)21-29)51-19-18-45(42(51)56)13-6-5-8-31(45)26-61-62-43(48)57/h7,9,20-23,27-28,30-31,34-36,39-41,43,52-53,55,57-59H,5-6,8,10-19,24-26H2,1-4H3/t28-,30-,31-,34-,35-,36+,39+,40+,41-,43+,44-,45+,46+,47-,48+,49-,50-/m1/s1. The molecule has 5 aliphatic heterocycles. The average molecular weight is 890 g/mol. The lowest BCUT2D eigenvalue weighted by atomic mass is 9.34. The van der Waals surface area contributed by atoms with Crippen LogP contribution >= 0.6 is 21.6 Å². The Balaban J connectivity index is 1.12. The van der Waals surface area contributed by atoms with Crippen molar-refractivity contribution in [2.24, 2.45) is 62.6 Å². The number of aromatic hydroxyl groups is 1. The van der Waals surface area contributed by atoms with Gasteiger partial charge in [0, 0.05) is 40.8 Å². The molecule has 7 fully saturated rings. The Kier molecular flexibility index (Phi) is 9.69. The molecule has 338 valence electrons. The van der Waals surface area contributed by atoms with E-state index in [0.717, 1.165) is 31.2 Å². The summed E-state index contributed by atoms with van der Waals surface area (Å²) in [5, 5.41) is 75.5. The van der Waals surface area contributed by atoms with Crippen molar-refractivity contribution in [1.29, 1.82) is 0 Å². The Bertz CT molecular complexity index is 2130. The number of carbonyl (C=O) groups is 2. The van der Waals surface area contributed by atoms with Gasteiger partial charge in [0.15, 0.2) is 5.78 Å². The summed E-state index contributed by atoms with van der Waals surface area (Å²) in [5.74, 6) is -0.0103. The van der Waals surface area contributed by atoms with Crippen LogP contribution in [0.2, 0.25) is 0 Å². The van der Waals surface area contributed by atoms with Crippen LogP contribution in [0.25, 0.3) is 0 Å². The van der Waals surface area contributed by atoms with Gasteiger partial charge in [0.25, 0.3) is 0 Å². The third-order valence-corrected chi connectivity index (χ3v) is 23.2. The summed E-state index contributed by atoms with van der Waals surface area (Å²) in [5.41, 5.74) is -6.57. The lowest BCUT2D eigenvalue weighted by Crippen LogP contribution is -2.74. The first-order valence-electron chi connectivity index (χ1n) is 24.0. The first kappa shape index (κ1) is 42.7. The molecule has 0 radical (unpaired) electrons. The molecule has 5 saturated carbocycles. The van der Waals surface area contributed by atoms with Gasteiger partial charge in [0.05, 0.1) is 34.7 Å². The number of epoxide rings is 1. The van der Waals surface area contributed by atoms with Crippen LogP contribution in [0.1, 0.15) is 117 Å². The van der Waals surface area contributed by atoms with E-state index in [4.69, 9.17) is 4.74 Å². The molecule has 1 amide bonds. The average Bonchev–Trinajstić information content (AvgIpc) is 3.82. The number of nitrogens with zero attached hydrogens (tertiary/aromatic N) is 1. The minimum absolute atomic E-state index is 0.0685. The minimum atomic E-state index is -1.54. The van der Waals surface area contributed by atoms with E-state index in [1.807, 2.05) is 11.0 Å². The number of hydrogen-bond donors (Lipinski definition) is 6. The molecule has 0 unspecified atom stereocenters. The molecule has 62 heavy (non-hydrogen) atoms. The number of hydrogen-bond acceptors (Lipinski definition) is 11. The number of fused-ring (bicyclic) bond motifs is 1. The third-order valence-electron chi connectivity index (χ3n) is 20.6. The highest BCUT2D eigenvalue weighted by molar-refractivity contribution is 8.76. The van der Waals surface area contributed by atoms with E-state index in [1.165, 1.54) is 21.6 Å². The Morgan fingerprint density at radius 2 is 1.74 bits per heavy atom. The number of rotatable bonds is 3. The molecule has 7 aliphatic carbocycles. The number of aliphatic hydroxyl groups excluding tert-OH is 3. The van der Waals surface area contributed by atoms with Crippen molar-refractivity contribution >= 4 is 39.0 Å². The molecule has 2 saturated heterocycles. The molecule has 13 rings (SSSR count). The number of anilines is 1. The van der Waals surface area contributed by atoms with Gasteiger partial charge in [0.1, 0.15) is 22.9 Å². The van der Waals surface area contributed by atoms with Crippen molar-refractivity contribution in [3.63, 3.8) is 0 Å². The topological polar surface area (TPSA) is 171 Å². The predicted octanol–water partition coefficient (Wildman–Crippen LogP) is 6.87. The van der Waals surface area contributed by atoms with Gasteiger partial charge in [-0.25, -0.2) is 0 Å². The smallest absolute Gasteiger partial charge is 0.233 e. The molecule has 1 aromatic rings. The largest absolute Gasteiger partial charge is 0.508 e. The Labute approximate surface area is 374 Å². The molecule has 10 nitrogen and oxygen atoms in total. The highest BCUT2D eigenvalue weighted by Crippen LogP contribution is 2.83. The quantitative estimate of drug-likeness (QED) is 0.106. The minimum Gasteiger partial charge on any atom is -0.508 e. The van der Waals surface area contributed by atoms with E-state index in [2.05, 4.69) is 39.8 Å². The number of allylic oxidation sites excluding steroid dienone is 2. The third kappa shape index (κ3) is 5.13. The Hall–Kier alpha value is -1.90. The summed E-state index contributed by atoms with van der Waals surface area (Å²) in [6.07, 6.45) is 11.4. The fourth-order valence-corrected chi connectivity index (χ4v) is 20.3. The van der Waals surface area contributed by atoms with Gasteiger partial charge in [-0.3, -0.25) is 9.59 Å². The molecule has 12 aliphatic rings. The molecule has 4 spiro atoms. The van der Waals surface area contributed by atoms with Crippen LogP contribution < -0.4 is 4.90 Å². The van der Waals surface area contributed by atoms with Gasteiger partial charge in [-0.05, 0) is 141 Å². The van der Waals surface area contributed by atoms with Crippen LogP contribution in [0.4, 0.5) is 5.69 Å².